The van der Waals surface area contributed by atoms with Gasteiger partial charge in [0.2, 0.25) is 0 Å². The first-order chi connectivity index (χ1) is 6.79. The quantitative estimate of drug-likeness (QED) is 0.734. The number of phenols is 1. The third-order valence-electron chi connectivity index (χ3n) is 1.98. The van der Waals surface area contributed by atoms with E-state index in [1.165, 1.54) is 6.07 Å². The molecule has 0 aliphatic rings. The highest BCUT2D eigenvalue weighted by atomic mass is 16.5. The second-order valence-corrected chi connectivity index (χ2v) is 3.11. The molecule has 1 aromatic rings. The van der Waals surface area contributed by atoms with Gasteiger partial charge in [0.15, 0.2) is 11.5 Å². The van der Waals surface area contributed by atoms with Crippen LogP contribution in [0.4, 0.5) is 0 Å². The maximum absolute atomic E-state index is 10.7. The Kier molecular flexibility index (Phi) is 4.26. The minimum atomic E-state index is -0.365. The number of rotatable bonds is 5. The Balaban J connectivity index is 2.72. The van der Waals surface area contributed by atoms with Gasteiger partial charge in [-0.15, -0.1) is 0 Å². The summed E-state index contributed by atoms with van der Waals surface area (Å²) in [5.41, 5.74) is 0.515. The average Bonchev–Trinajstić information content (AvgIpc) is 2.20. The Bertz CT molecular complexity index is 284. The normalized spacial score (nSPS) is 10.1. The average molecular weight is 195 g/mol. The van der Waals surface area contributed by atoms with Crippen molar-refractivity contribution in [1.29, 1.82) is 0 Å². The molecular formula is C11H15O3. The Hall–Kier alpha value is -1.22. The predicted molar refractivity (Wildman–Crippen MR) is 52.9 cm³/mol. The molecule has 3 nitrogen and oxygen atoms in total. The zero-order valence-corrected chi connectivity index (χ0v) is 8.32. The molecule has 0 bridgehead atoms. The van der Waals surface area contributed by atoms with E-state index < -0.39 is 0 Å². The summed E-state index contributed by atoms with van der Waals surface area (Å²) >= 11 is 0. The van der Waals surface area contributed by atoms with E-state index >= 15 is 0 Å². The standard InChI is InChI=1S/C11H15O3/c1-2-3-7-14-11-9(8-12)5-4-6-10(11)13/h4-6,13H,2-3,7-8H2,1H3. The summed E-state index contributed by atoms with van der Waals surface area (Å²) < 4.78 is 5.35. The SMILES string of the molecule is CCCCOc1c(O)cccc1C[O]. The summed E-state index contributed by atoms with van der Waals surface area (Å²) in [6.07, 6.45) is 1.95. The lowest BCUT2D eigenvalue weighted by Gasteiger charge is -2.10. The molecule has 3 heteroatoms. The molecule has 14 heavy (non-hydrogen) atoms. The molecular weight excluding hydrogens is 180 g/mol. The second kappa shape index (κ2) is 5.50. The molecule has 0 fully saturated rings. The van der Waals surface area contributed by atoms with Crippen molar-refractivity contribution in [2.24, 2.45) is 0 Å². The largest absolute Gasteiger partial charge is 0.504 e. The van der Waals surface area contributed by atoms with Gasteiger partial charge >= 0.3 is 0 Å². The maximum Gasteiger partial charge on any atom is 0.166 e. The molecule has 77 valence electrons. The van der Waals surface area contributed by atoms with Crippen LogP contribution in [0.1, 0.15) is 25.3 Å². The van der Waals surface area contributed by atoms with E-state index in [0.29, 0.717) is 17.9 Å². The minimum Gasteiger partial charge on any atom is -0.504 e. The highest BCUT2D eigenvalue weighted by Crippen LogP contribution is 2.30. The van der Waals surface area contributed by atoms with E-state index in [2.05, 4.69) is 6.92 Å². The van der Waals surface area contributed by atoms with E-state index in [9.17, 15) is 10.2 Å². The van der Waals surface area contributed by atoms with Crippen molar-refractivity contribution in [3.05, 3.63) is 23.8 Å². The summed E-state index contributed by atoms with van der Waals surface area (Å²) in [6, 6.07) is 4.85. The molecule has 0 aliphatic carbocycles. The lowest BCUT2D eigenvalue weighted by atomic mass is 10.2. The van der Waals surface area contributed by atoms with Gasteiger partial charge in [0.25, 0.3) is 0 Å². The van der Waals surface area contributed by atoms with Crippen LogP contribution in [0.25, 0.3) is 0 Å². The number of aromatic hydroxyl groups is 1. The smallest absolute Gasteiger partial charge is 0.166 e. The molecule has 1 radical (unpaired) electrons. The van der Waals surface area contributed by atoms with Gasteiger partial charge in [-0.1, -0.05) is 25.5 Å². The van der Waals surface area contributed by atoms with Crippen molar-refractivity contribution in [2.75, 3.05) is 6.61 Å². The van der Waals surface area contributed by atoms with Crippen LogP contribution in [0.2, 0.25) is 0 Å². The zero-order chi connectivity index (χ0) is 10.4. The van der Waals surface area contributed by atoms with Gasteiger partial charge in [-0.2, -0.15) is 0 Å². The molecule has 1 aromatic carbocycles. The number of para-hydroxylation sites is 1. The third kappa shape index (κ3) is 2.64. The van der Waals surface area contributed by atoms with Crippen LogP contribution < -0.4 is 4.74 Å². The highest BCUT2D eigenvalue weighted by Gasteiger charge is 2.07. The van der Waals surface area contributed by atoms with Crippen molar-refractivity contribution in [1.82, 2.24) is 0 Å². The van der Waals surface area contributed by atoms with Gasteiger partial charge in [0.05, 0.1) is 6.61 Å². The number of ether oxygens (including phenoxy) is 1. The van der Waals surface area contributed by atoms with E-state index in [0.717, 1.165) is 12.8 Å². The van der Waals surface area contributed by atoms with Crippen LogP contribution in [0.15, 0.2) is 18.2 Å². The Morgan fingerprint density at radius 1 is 1.43 bits per heavy atom. The molecule has 1 N–H and O–H groups in total. The van der Waals surface area contributed by atoms with Crippen LogP contribution in [0, 0.1) is 0 Å². The van der Waals surface area contributed by atoms with E-state index in [4.69, 9.17) is 4.74 Å². The van der Waals surface area contributed by atoms with Crippen molar-refractivity contribution in [3.8, 4) is 11.5 Å². The van der Waals surface area contributed by atoms with Crippen LogP contribution in [-0.2, 0) is 11.7 Å². The number of benzene rings is 1. The van der Waals surface area contributed by atoms with Crippen LogP contribution in [0.3, 0.4) is 0 Å². The summed E-state index contributed by atoms with van der Waals surface area (Å²) in [6.45, 7) is 2.24. The maximum atomic E-state index is 10.7. The molecule has 0 saturated carbocycles. The Morgan fingerprint density at radius 3 is 2.86 bits per heavy atom. The number of phenolic OH excluding ortho intramolecular Hbond substituents is 1. The van der Waals surface area contributed by atoms with Crippen molar-refractivity contribution >= 4 is 0 Å². The molecule has 0 aliphatic heterocycles. The van der Waals surface area contributed by atoms with Gasteiger partial charge in [-0.05, 0) is 12.5 Å². The summed E-state index contributed by atoms with van der Waals surface area (Å²) in [4.78, 5) is 0. The predicted octanol–water partition coefficient (Wildman–Crippen LogP) is 2.50. The lowest BCUT2D eigenvalue weighted by Crippen LogP contribution is -1.99. The van der Waals surface area contributed by atoms with Gasteiger partial charge in [0.1, 0.15) is 6.61 Å². The van der Waals surface area contributed by atoms with E-state index in [-0.39, 0.29) is 12.4 Å². The van der Waals surface area contributed by atoms with Crippen molar-refractivity contribution in [2.45, 2.75) is 26.4 Å². The number of unbranched alkanes of at least 4 members (excludes halogenated alkanes) is 1. The number of hydrogen-bond donors (Lipinski definition) is 1. The van der Waals surface area contributed by atoms with Crippen LogP contribution in [0.5, 0.6) is 11.5 Å². The Labute approximate surface area is 84.0 Å². The Morgan fingerprint density at radius 2 is 2.21 bits per heavy atom. The van der Waals surface area contributed by atoms with Crippen LogP contribution >= 0.6 is 0 Å². The molecule has 1 rings (SSSR count). The molecule has 0 heterocycles. The fourth-order valence-electron chi connectivity index (χ4n) is 1.17. The molecule has 0 saturated heterocycles. The van der Waals surface area contributed by atoms with Crippen molar-refractivity contribution in [3.63, 3.8) is 0 Å². The highest BCUT2D eigenvalue weighted by molar-refractivity contribution is 5.45. The van der Waals surface area contributed by atoms with Gasteiger partial charge < -0.3 is 9.84 Å². The topological polar surface area (TPSA) is 49.4 Å². The molecule has 0 amide bonds. The third-order valence-corrected chi connectivity index (χ3v) is 1.98. The van der Waals surface area contributed by atoms with Gasteiger partial charge in [-0.25, -0.2) is 5.11 Å². The van der Waals surface area contributed by atoms with Crippen LogP contribution in [-0.4, -0.2) is 11.7 Å². The zero-order valence-electron chi connectivity index (χ0n) is 8.32. The first-order valence-electron chi connectivity index (χ1n) is 4.81. The number of hydrogen-bond acceptors (Lipinski definition) is 2. The summed E-state index contributed by atoms with van der Waals surface area (Å²) in [5.74, 6) is 0.394. The first kappa shape index (κ1) is 10.9. The van der Waals surface area contributed by atoms with Gasteiger partial charge in [-0.3, -0.25) is 0 Å². The molecule has 0 atom stereocenters. The fraction of sp³-hybridized carbons (Fsp3) is 0.455. The first-order valence-corrected chi connectivity index (χ1v) is 4.81. The minimum absolute atomic E-state index is 0.0504. The lowest BCUT2D eigenvalue weighted by molar-refractivity contribution is 0.171. The molecule has 0 aromatic heterocycles. The summed E-state index contributed by atoms with van der Waals surface area (Å²) in [7, 11) is 0. The van der Waals surface area contributed by atoms with Gasteiger partial charge in [0, 0.05) is 5.56 Å². The molecule has 0 unspecified atom stereocenters. The molecule has 0 spiro atoms. The van der Waals surface area contributed by atoms with E-state index in [1.54, 1.807) is 12.1 Å². The summed E-state index contributed by atoms with van der Waals surface area (Å²) in [5, 5.41) is 20.2. The monoisotopic (exact) mass is 195 g/mol. The van der Waals surface area contributed by atoms with E-state index in [1.807, 2.05) is 0 Å². The second-order valence-electron chi connectivity index (χ2n) is 3.11. The fourth-order valence-corrected chi connectivity index (χ4v) is 1.17. The van der Waals surface area contributed by atoms with Crippen molar-refractivity contribution < 1.29 is 14.9 Å².